The number of nitrogens with one attached hydrogen (secondary N) is 1. The highest BCUT2D eigenvalue weighted by molar-refractivity contribution is 5.97. The Morgan fingerprint density at radius 3 is 2.76 bits per heavy atom. The molecule has 1 heterocycles. The molecule has 0 spiro atoms. The average Bonchev–Trinajstić information content (AvgIpc) is 3.08. The van der Waals surface area contributed by atoms with Crippen molar-refractivity contribution in [1.29, 1.82) is 0 Å². The zero-order chi connectivity index (χ0) is 20.1. The second kappa shape index (κ2) is 7.07. The van der Waals surface area contributed by atoms with E-state index in [9.17, 15) is 4.79 Å². The topological polar surface area (TPSA) is 54.4 Å². The minimum Gasteiger partial charge on any atom is -0.267 e. The Morgan fingerprint density at radius 1 is 1.10 bits per heavy atom. The molecule has 0 unspecified atom stereocenters. The molecular weight excluding hydrogens is 358 g/mol. The first-order valence-electron chi connectivity index (χ1n) is 11.4. The Bertz CT molecular complexity index is 847. The molecule has 5 rings (SSSR count). The number of fused-ring (bicyclic) bond motifs is 5. The Balaban J connectivity index is 1.35. The van der Waals surface area contributed by atoms with Gasteiger partial charge in [0.1, 0.15) is 0 Å². The number of allylic oxidation sites excluding steroid dienone is 2. The van der Waals surface area contributed by atoms with Crippen LogP contribution in [0.15, 0.2) is 41.8 Å². The Hall–Kier alpha value is -1.97. The van der Waals surface area contributed by atoms with E-state index >= 15 is 0 Å². The van der Waals surface area contributed by atoms with Crippen molar-refractivity contribution in [2.75, 3.05) is 0 Å². The van der Waals surface area contributed by atoms with Gasteiger partial charge in [-0.1, -0.05) is 26.0 Å². The molecule has 1 N–H and O–H groups in total. The molecule has 0 bridgehead atoms. The van der Waals surface area contributed by atoms with E-state index in [1.807, 2.05) is 0 Å². The first-order chi connectivity index (χ1) is 14.0. The Morgan fingerprint density at radius 2 is 1.93 bits per heavy atom. The average molecular weight is 392 g/mol. The van der Waals surface area contributed by atoms with E-state index in [-0.39, 0.29) is 11.3 Å². The van der Waals surface area contributed by atoms with Crippen LogP contribution in [0.25, 0.3) is 0 Å². The van der Waals surface area contributed by atoms with Crippen molar-refractivity contribution < 1.29 is 4.79 Å². The molecular formula is C25H33N3O. The second-order valence-corrected chi connectivity index (χ2v) is 10.3. The number of hydrazone groups is 1. The summed E-state index contributed by atoms with van der Waals surface area (Å²) in [4.78, 5) is 16.4. The molecule has 29 heavy (non-hydrogen) atoms. The minimum absolute atomic E-state index is 0.136. The van der Waals surface area contributed by atoms with Gasteiger partial charge in [-0.05, 0) is 92.6 Å². The van der Waals surface area contributed by atoms with Crippen molar-refractivity contribution in [1.82, 2.24) is 10.4 Å². The summed E-state index contributed by atoms with van der Waals surface area (Å²) in [5, 5.41) is 4.68. The molecule has 0 aromatic carbocycles. The van der Waals surface area contributed by atoms with Crippen LogP contribution in [0.1, 0.15) is 75.6 Å². The van der Waals surface area contributed by atoms with E-state index in [2.05, 4.69) is 41.5 Å². The van der Waals surface area contributed by atoms with Gasteiger partial charge >= 0.3 is 0 Å². The zero-order valence-corrected chi connectivity index (χ0v) is 17.7. The maximum absolute atomic E-state index is 12.4. The molecule has 1 aromatic heterocycles. The summed E-state index contributed by atoms with van der Waals surface area (Å²) in [6.07, 6.45) is 18.3. The lowest BCUT2D eigenvalue weighted by atomic mass is 9.46. The van der Waals surface area contributed by atoms with Crippen LogP contribution < -0.4 is 5.43 Å². The molecule has 0 radical (unpaired) electrons. The lowest BCUT2D eigenvalue weighted by Gasteiger charge is -2.59. The third-order valence-electron chi connectivity index (χ3n) is 9.19. The lowest BCUT2D eigenvalue weighted by molar-refractivity contribution is -0.0761. The Kier molecular flexibility index (Phi) is 4.64. The normalized spacial score (nSPS) is 42.1. The summed E-state index contributed by atoms with van der Waals surface area (Å²) >= 11 is 0. The SMILES string of the molecule is C[C@]12CC=CC[C@@H]1CC[C@H]1[C@H]2CC[C@]2(C)/C(=N\NC(=O)c3ccncc3)CC[C@@H]12. The number of rotatable bonds is 2. The smallest absolute Gasteiger partial charge is 0.267 e. The van der Waals surface area contributed by atoms with Crippen molar-refractivity contribution in [3.63, 3.8) is 0 Å². The lowest BCUT2D eigenvalue weighted by Crippen LogP contribution is -2.52. The van der Waals surface area contributed by atoms with Gasteiger partial charge in [0.25, 0.3) is 5.91 Å². The number of carbonyl (C=O) groups excluding carboxylic acids is 1. The van der Waals surface area contributed by atoms with Crippen molar-refractivity contribution in [3.8, 4) is 0 Å². The van der Waals surface area contributed by atoms with Crippen molar-refractivity contribution in [2.24, 2.45) is 39.6 Å². The summed E-state index contributed by atoms with van der Waals surface area (Å²) in [5.74, 6) is 3.15. The molecule has 4 heteroatoms. The fourth-order valence-corrected chi connectivity index (χ4v) is 7.50. The molecule has 3 saturated carbocycles. The zero-order valence-electron chi connectivity index (χ0n) is 17.7. The summed E-state index contributed by atoms with van der Waals surface area (Å²) in [6, 6.07) is 3.47. The largest absolute Gasteiger partial charge is 0.271 e. The summed E-state index contributed by atoms with van der Waals surface area (Å²) in [6.45, 7) is 5.01. The third kappa shape index (κ3) is 2.98. The predicted octanol–water partition coefficient (Wildman–Crippen LogP) is 5.38. The van der Waals surface area contributed by atoms with Gasteiger partial charge < -0.3 is 0 Å². The van der Waals surface area contributed by atoms with Crippen molar-refractivity contribution in [2.45, 2.75) is 65.2 Å². The van der Waals surface area contributed by atoms with Crippen LogP contribution in [-0.2, 0) is 0 Å². The monoisotopic (exact) mass is 391 g/mol. The van der Waals surface area contributed by atoms with Crippen LogP contribution in [0.3, 0.4) is 0 Å². The molecule has 4 aliphatic carbocycles. The number of hydrogen-bond donors (Lipinski definition) is 1. The van der Waals surface area contributed by atoms with Crippen LogP contribution in [0.2, 0.25) is 0 Å². The standard InChI is InChI=1S/C25H33N3O/c1-24-13-4-3-5-18(24)6-7-19-20-8-9-22(25(20,2)14-10-21(19)24)27-28-23(29)17-11-15-26-16-12-17/h3-4,11-12,15-16,18-21H,5-10,13-14H2,1-2H3,(H,28,29)/b27-22-/t18-,19-,20+,21-,24+,25+/m1/s1. The van der Waals surface area contributed by atoms with Crippen LogP contribution in [0, 0.1) is 34.5 Å². The third-order valence-corrected chi connectivity index (χ3v) is 9.19. The van der Waals surface area contributed by atoms with Gasteiger partial charge in [-0.15, -0.1) is 0 Å². The number of nitrogens with zero attached hydrogens (tertiary/aromatic N) is 2. The van der Waals surface area contributed by atoms with Gasteiger partial charge in [0.05, 0.1) is 0 Å². The summed E-state index contributed by atoms with van der Waals surface area (Å²) in [5.41, 5.74) is 5.32. The van der Waals surface area contributed by atoms with Gasteiger partial charge in [0.2, 0.25) is 0 Å². The maximum atomic E-state index is 12.4. The fourth-order valence-electron chi connectivity index (χ4n) is 7.50. The van der Waals surface area contributed by atoms with Crippen molar-refractivity contribution >= 4 is 11.6 Å². The molecule has 154 valence electrons. The number of hydrogen-bond acceptors (Lipinski definition) is 3. The second-order valence-electron chi connectivity index (χ2n) is 10.3. The van der Waals surface area contributed by atoms with Crippen LogP contribution in [0.4, 0.5) is 0 Å². The van der Waals surface area contributed by atoms with Gasteiger partial charge in [-0.25, -0.2) is 5.43 Å². The number of aromatic nitrogens is 1. The number of pyridine rings is 1. The molecule has 1 aromatic rings. The van der Waals surface area contributed by atoms with Crippen LogP contribution >= 0.6 is 0 Å². The van der Waals surface area contributed by atoms with E-state index in [0.717, 1.165) is 30.1 Å². The predicted molar refractivity (Wildman–Crippen MR) is 115 cm³/mol. The maximum Gasteiger partial charge on any atom is 0.271 e. The molecule has 0 aliphatic heterocycles. The highest BCUT2D eigenvalue weighted by Gasteiger charge is 2.58. The first kappa shape index (κ1) is 19.0. The molecule has 4 nitrogen and oxygen atoms in total. The molecule has 4 aliphatic rings. The quantitative estimate of drug-likeness (QED) is 0.544. The minimum atomic E-state index is -0.136. The van der Waals surface area contributed by atoms with Crippen LogP contribution in [0.5, 0.6) is 0 Å². The van der Waals surface area contributed by atoms with E-state index in [1.165, 1.54) is 50.7 Å². The molecule has 0 saturated heterocycles. The van der Waals surface area contributed by atoms with E-state index in [4.69, 9.17) is 0 Å². The van der Waals surface area contributed by atoms with E-state index in [1.54, 1.807) is 24.5 Å². The van der Waals surface area contributed by atoms with Gasteiger partial charge in [-0.2, -0.15) is 5.10 Å². The number of amides is 1. The van der Waals surface area contributed by atoms with E-state index < -0.39 is 0 Å². The number of carbonyl (C=O) groups is 1. The van der Waals surface area contributed by atoms with Gasteiger partial charge in [-0.3, -0.25) is 9.78 Å². The molecule has 3 fully saturated rings. The highest BCUT2D eigenvalue weighted by atomic mass is 16.2. The fraction of sp³-hybridized carbons (Fsp3) is 0.640. The summed E-state index contributed by atoms with van der Waals surface area (Å²) < 4.78 is 0. The Labute approximate surface area is 174 Å². The van der Waals surface area contributed by atoms with Gasteiger partial charge in [0, 0.05) is 29.1 Å². The van der Waals surface area contributed by atoms with Gasteiger partial charge in [0.15, 0.2) is 0 Å². The molecule has 6 atom stereocenters. The highest BCUT2D eigenvalue weighted by Crippen LogP contribution is 2.64. The van der Waals surface area contributed by atoms with E-state index in [0.29, 0.717) is 11.0 Å². The molecule has 1 amide bonds. The first-order valence-corrected chi connectivity index (χ1v) is 11.4. The van der Waals surface area contributed by atoms with Crippen molar-refractivity contribution in [3.05, 3.63) is 42.2 Å². The van der Waals surface area contributed by atoms with Crippen LogP contribution in [-0.4, -0.2) is 16.6 Å². The summed E-state index contributed by atoms with van der Waals surface area (Å²) in [7, 11) is 0.